The lowest BCUT2D eigenvalue weighted by Gasteiger charge is -2.09. The highest BCUT2D eigenvalue weighted by atomic mass is 16.6. The molecule has 0 aromatic carbocycles. The van der Waals surface area contributed by atoms with Gasteiger partial charge in [0.05, 0.1) is 139 Å². The van der Waals surface area contributed by atoms with E-state index in [1.165, 1.54) is 25.7 Å². The van der Waals surface area contributed by atoms with Crippen molar-refractivity contribution >= 4 is 0 Å². The van der Waals surface area contributed by atoms with Crippen LogP contribution in [0, 0.1) is 0 Å². The second-order valence-corrected chi connectivity index (χ2v) is 8.90. The zero-order valence-corrected chi connectivity index (χ0v) is 25.9. The fourth-order valence-corrected chi connectivity index (χ4v) is 3.17. The van der Waals surface area contributed by atoms with Gasteiger partial charge in [0.2, 0.25) is 0 Å². The van der Waals surface area contributed by atoms with Crippen molar-refractivity contribution in [1.82, 2.24) is 0 Å². The van der Waals surface area contributed by atoms with E-state index in [1.54, 1.807) is 6.08 Å². The van der Waals surface area contributed by atoms with Crippen LogP contribution in [0.5, 0.6) is 0 Å². The Morgan fingerprint density at radius 1 is 0.317 bits per heavy atom. The second-order valence-electron chi connectivity index (χ2n) is 8.90. The molecule has 0 amide bonds. The first-order valence-corrected chi connectivity index (χ1v) is 15.4. The number of hydrogen-bond acceptors (Lipinski definition) is 11. The van der Waals surface area contributed by atoms with Crippen LogP contribution in [0.3, 0.4) is 0 Å². The number of hydrogen-bond donors (Lipinski definition) is 0. The minimum atomic E-state index is 0.523. The van der Waals surface area contributed by atoms with E-state index < -0.39 is 0 Å². The monoisotopic (exact) mass is 596 g/mol. The molecule has 0 aliphatic rings. The van der Waals surface area contributed by atoms with E-state index in [1.807, 2.05) is 0 Å². The molecule has 0 aromatic rings. The molecule has 0 bridgehead atoms. The first-order valence-electron chi connectivity index (χ1n) is 15.4. The van der Waals surface area contributed by atoms with E-state index in [0.29, 0.717) is 139 Å². The summed E-state index contributed by atoms with van der Waals surface area (Å²) in [5, 5.41) is 0. The molecule has 0 rings (SSSR count). The van der Waals surface area contributed by atoms with Crippen LogP contribution in [0.25, 0.3) is 0 Å². The van der Waals surface area contributed by atoms with Crippen LogP contribution in [0.2, 0.25) is 0 Å². The Balaban J connectivity index is 3.02. The molecule has 0 saturated carbocycles. The van der Waals surface area contributed by atoms with E-state index >= 15 is 0 Å². The SMILES string of the molecule is C=CCOCCOCCOCCOCCOCCOCCOCCOCCOCCOCCOCCCCCCC. The molecule has 0 radical (unpaired) electrons. The van der Waals surface area contributed by atoms with Crippen LogP contribution in [0.15, 0.2) is 12.7 Å². The molecule has 0 fully saturated rings. The van der Waals surface area contributed by atoms with Gasteiger partial charge < -0.3 is 52.1 Å². The lowest BCUT2D eigenvalue weighted by Crippen LogP contribution is -2.15. The van der Waals surface area contributed by atoms with Crippen molar-refractivity contribution in [2.24, 2.45) is 0 Å². The van der Waals surface area contributed by atoms with Gasteiger partial charge in [0.1, 0.15) is 0 Å². The normalized spacial score (nSPS) is 11.4. The molecule has 11 nitrogen and oxygen atoms in total. The molecule has 41 heavy (non-hydrogen) atoms. The number of ether oxygens (including phenoxy) is 11. The van der Waals surface area contributed by atoms with Gasteiger partial charge in [-0.05, 0) is 6.42 Å². The van der Waals surface area contributed by atoms with Crippen LogP contribution in [-0.2, 0) is 52.1 Å². The Hall–Kier alpha value is -0.700. The summed E-state index contributed by atoms with van der Waals surface area (Å²) in [4.78, 5) is 0. The minimum Gasteiger partial charge on any atom is -0.379 e. The molecule has 0 heterocycles. The van der Waals surface area contributed by atoms with E-state index in [2.05, 4.69) is 13.5 Å². The molecule has 0 atom stereocenters. The second kappa shape index (κ2) is 39.3. The van der Waals surface area contributed by atoms with E-state index in [0.717, 1.165) is 13.0 Å². The third kappa shape index (κ3) is 39.3. The van der Waals surface area contributed by atoms with Gasteiger partial charge in [0.25, 0.3) is 0 Å². The Morgan fingerprint density at radius 3 is 0.829 bits per heavy atom. The topological polar surface area (TPSA) is 102 Å². The summed E-state index contributed by atoms with van der Waals surface area (Å²) < 4.78 is 59.9. The quantitative estimate of drug-likeness (QED) is 0.0775. The molecule has 0 aliphatic carbocycles. The zero-order chi connectivity index (χ0) is 29.6. The molecule has 0 spiro atoms. The van der Waals surface area contributed by atoms with E-state index in [-0.39, 0.29) is 0 Å². The number of rotatable bonds is 38. The molecule has 11 heteroatoms. The van der Waals surface area contributed by atoms with E-state index in [9.17, 15) is 0 Å². The van der Waals surface area contributed by atoms with Crippen molar-refractivity contribution in [2.45, 2.75) is 39.0 Å². The summed E-state index contributed by atoms with van der Waals surface area (Å²) in [5.41, 5.74) is 0. The summed E-state index contributed by atoms with van der Waals surface area (Å²) in [6.45, 7) is 18.1. The summed E-state index contributed by atoms with van der Waals surface area (Å²) in [6, 6.07) is 0. The Morgan fingerprint density at radius 2 is 0.561 bits per heavy atom. The Bertz CT molecular complexity index is 472. The summed E-state index contributed by atoms with van der Waals surface area (Å²) in [7, 11) is 0. The molecular weight excluding hydrogens is 536 g/mol. The Kier molecular flexibility index (Phi) is 38.6. The highest BCUT2D eigenvalue weighted by Crippen LogP contribution is 2.02. The van der Waals surface area contributed by atoms with Crippen molar-refractivity contribution in [3.8, 4) is 0 Å². The van der Waals surface area contributed by atoms with Crippen molar-refractivity contribution < 1.29 is 52.1 Å². The molecule has 0 aromatic heterocycles. The van der Waals surface area contributed by atoms with Gasteiger partial charge in [-0.2, -0.15) is 0 Å². The molecule has 0 unspecified atom stereocenters. The van der Waals surface area contributed by atoms with Crippen molar-refractivity contribution in [1.29, 1.82) is 0 Å². The predicted octanol–water partition coefficient (Wildman–Crippen LogP) is 3.33. The van der Waals surface area contributed by atoms with Gasteiger partial charge in [-0.3, -0.25) is 0 Å². The highest BCUT2D eigenvalue weighted by Gasteiger charge is 1.96. The molecule has 0 aliphatic heterocycles. The smallest absolute Gasteiger partial charge is 0.0704 e. The molecule has 246 valence electrons. The van der Waals surface area contributed by atoms with Crippen LogP contribution < -0.4 is 0 Å². The molecular formula is C30H60O11. The first-order chi connectivity index (χ1) is 20.4. The third-order valence-electron chi connectivity index (χ3n) is 5.35. The fourth-order valence-electron chi connectivity index (χ4n) is 3.17. The average molecular weight is 597 g/mol. The first kappa shape index (κ1) is 40.3. The maximum atomic E-state index is 5.55. The van der Waals surface area contributed by atoms with Crippen molar-refractivity contribution in [3.05, 3.63) is 12.7 Å². The third-order valence-corrected chi connectivity index (χ3v) is 5.35. The van der Waals surface area contributed by atoms with Gasteiger partial charge in [0.15, 0.2) is 0 Å². The Labute approximate surface area is 249 Å². The van der Waals surface area contributed by atoms with Crippen molar-refractivity contribution in [3.63, 3.8) is 0 Å². The van der Waals surface area contributed by atoms with Crippen LogP contribution in [-0.4, -0.2) is 145 Å². The zero-order valence-electron chi connectivity index (χ0n) is 25.9. The fraction of sp³-hybridized carbons (Fsp3) is 0.933. The lowest BCUT2D eigenvalue weighted by atomic mass is 10.2. The van der Waals surface area contributed by atoms with Gasteiger partial charge in [-0.15, -0.1) is 6.58 Å². The summed E-state index contributed by atoms with van der Waals surface area (Å²) in [6.07, 6.45) is 8.00. The van der Waals surface area contributed by atoms with Gasteiger partial charge in [0, 0.05) is 6.61 Å². The lowest BCUT2D eigenvalue weighted by molar-refractivity contribution is -0.0273. The maximum absolute atomic E-state index is 5.55. The van der Waals surface area contributed by atoms with Gasteiger partial charge in [-0.25, -0.2) is 0 Å². The average Bonchev–Trinajstić information content (AvgIpc) is 2.98. The maximum Gasteiger partial charge on any atom is 0.0704 e. The van der Waals surface area contributed by atoms with Gasteiger partial charge in [-0.1, -0.05) is 38.7 Å². The summed E-state index contributed by atoms with van der Waals surface area (Å²) >= 11 is 0. The summed E-state index contributed by atoms with van der Waals surface area (Å²) in [5.74, 6) is 0. The van der Waals surface area contributed by atoms with Crippen molar-refractivity contribution in [2.75, 3.05) is 145 Å². The van der Waals surface area contributed by atoms with Crippen LogP contribution in [0.1, 0.15) is 39.0 Å². The molecule has 0 saturated heterocycles. The largest absolute Gasteiger partial charge is 0.379 e. The minimum absolute atomic E-state index is 0.523. The highest BCUT2D eigenvalue weighted by molar-refractivity contribution is 4.63. The van der Waals surface area contributed by atoms with Crippen LogP contribution >= 0.6 is 0 Å². The predicted molar refractivity (Wildman–Crippen MR) is 158 cm³/mol. The van der Waals surface area contributed by atoms with E-state index in [4.69, 9.17) is 52.1 Å². The number of unbranched alkanes of at least 4 members (excludes halogenated alkanes) is 4. The van der Waals surface area contributed by atoms with Crippen LogP contribution in [0.4, 0.5) is 0 Å². The van der Waals surface area contributed by atoms with Gasteiger partial charge >= 0.3 is 0 Å². The molecule has 0 N–H and O–H groups in total. The standard InChI is InChI=1S/C30H60O11/c1-3-5-6-7-8-10-32-12-14-34-16-18-36-20-22-38-24-26-40-28-30-41-29-27-39-25-23-37-21-19-35-17-15-33-13-11-31-9-4-2/h4H,2-3,5-30H2,1H3.